The maximum atomic E-state index is 12.5. The Hall–Kier alpha value is -2.70. The third-order valence-corrected chi connectivity index (χ3v) is 4.31. The fraction of sp³-hybridized carbons (Fsp3) is 0.500. The first kappa shape index (κ1) is 20.6. The lowest BCUT2D eigenvalue weighted by atomic mass is 10.2. The van der Waals surface area contributed by atoms with Crippen LogP contribution in [-0.2, 0) is 20.9 Å². The zero-order valence-corrected chi connectivity index (χ0v) is 16.5. The number of fused-ring (bicyclic) bond motifs is 1. The summed E-state index contributed by atoms with van der Waals surface area (Å²) in [5.74, 6) is -0.687. The van der Waals surface area contributed by atoms with E-state index in [-0.39, 0.29) is 36.4 Å². The van der Waals surface area contributed by atoms with E-state index in [0.717, 1.165) is 0 Å². The summed E-state index contributed by atoms with van der Waals surface area (Å²) >= 11 is 0. The number of rotatable bonds is 7. The fourth-order valence-corrected chi connectivity index (χ4v) is 3.16. The predicted octanol–water partition coefficient (Wildman–Crippen LogP) is 2.36. The molecule has 0 fully saturated rings. The van der Waals surface area contributed by atoms with E-state index in [1.165, 1.54) is 6.20 Å². The Kier molecular flexibility index (Phi) is 6.71. The molecule has 27 heavy (non-hydrogen) atoms. The van der Waals surface area contributed by atoms with Crippen LogP contribution in [0.15, 0.2) is 35.3 Å². The van der Waals surface area contributed by atoms with E-state index in [9.17, 15) is 14.4 Å². The molecular weight excluding hydrogens is 346 g/mol. The summed E-state index contributed by atoms with van der Waals surface area (Å²) in [6.45, 7) is 9.57. The topological polar surface area (TPSA) is 81.5 Å². The molecule has 1 aromatic heterocycles. The van der Waals surface area contributed by atoms with Gasteiger partial charge in [0.2, 0.25) is 5.43 Å². The number of carbonyl (C=O) groups is 2. The van der Waals surface area contributed by atoms with Gasteiger partial charge in [0.15, 0.2) is 6.10 Å². The lowest BCUT2D eigenvalue weighted by molar-refractivity contribution is -0.161. The van der Waals surface area contributed by atoms with Crippen LogP contribution >= 0.6 is 0 Å². The predicted molar refractivity (Wildman–Crippen MR) is 103 cm³/mol. The minimum Gasteiger partial charge on any atom is -0.452 e. The van der Waals surface area contributed by atoms with Gasteiger partial charge in [0.25, 0.3) is 5.91 Å². The molecule has 0 spiro atoms. The number of hydrogen-bond acceptors (Lipinski definition) is 5. The van der Waals surface area contributed by atoms with Crippen LogP contribution in [0.4, 0.5) is 0 Å². The molecule has 0 aliphatic heterocycles. The van der Waals surface area contributed by atoms with E-state index in [4.69, 9.17) is 4.74 Å². The number of para-hydroxylation sites is 1. The van der Waals surface area contributed by atoms with E-state index in [2.05, 4.69) is 5.10 Å². The second-order valence-corrected chi connectivity index (χ2v) is 7.06. The smallest absolute Gasteiger partial charge is 0.308 e. The number of aryl methyl sites for hydroxylation is 1. The van der Waals surface area contributed by atoms with Crippen LogP contribution < -0.4 is 5.43 Å². The van der Waals surface area contributed by atoms with Crippen molar-refractivity contribution in [2.24, 2.45) is 0 Å². The van der Waals surface area contributed by atoms with E-state index in [0.29, 0.717) is 10.9 Å². The highest BCUT2D eigenvalue weighted by Gasteiger charge is 2.27. The Balaban J connectivity index is 2.02. The van der Waals surface area contributed by atoms with Crippen LogP contribution in [0.1, 0.15) is 41.0 Å². The lowest BCUT2D eigenvalue weighted by Gasteiger charge is -2.32. The second-order valence-electron chi connectivity index (χ2n) is 7.06. The minimum absolute atomic E-state index is 0.0235. The number of carbonyl (C=O) groups excluding carboxylic acids is 2. The van der Waals surface area contributed by atoms with Crippen molar-refractivity contribution in [2.75, 3.05) is 0 Å². The van der Waals surface area contributed by atoms with Gasteiger partial charge >= 0.3 is 5.97 Å². The van der Waals surface area contributed by atoms with Crippen LogP contribution in [0.25, 0.3) is 10.9 Å². The number of nitrogens with zero attached hydrogens (tertiary/aromatic N) is 3. The molecule has 0 radical (unpaired) electrons. The average molecular weight is 373 g/mol. The lowest BCUT2D eigenvalue weighted by Crippen LogP contribution is -2.47. The normalized spacial score (nSPS) is 12.4. The fourth-order valence-electron chi connectivity index (χ4n) is 3.16. The third kappa shape index (κ3) is 4.93. The maximum absolute atomic E-state index is 12.5. The van der Waals surface area contributed by atoms with Crippen molar-refractivity contribution in [1.82, 2.24) is 14.7 Å². The Bertz CT molecular complexity index is 865. The molecule has 0 saturated heterocycles. The van der Waals surface area contributed by atoms with Crippen molar-refractivity contribution in [2.45, 2.75) is 65.8 Å². The molecule has 0 aliphatic rings. The van der Waals surface area contributed by atoms with Crippen molar-refractivity contribution in [3.05, 3.63) is 40.7 Å². The van der Waals surface area contributed by atoms with Gasteiger partial charge in [-0.1, -0.05) is 12.1 Å². The largest absolute Gasteiger partial charge is 0.452 e. The molecule has 0 saturated carbocycles. The summed E-state index contributed by atoms with van der Waals surface area (Å²) in [6.07, 6.45) is 0.449. The monoisotopic (exact) mass is 373 g/mol. The first-order valence-electron chi connectivity index (χ1n) is 9.19. The summed E-state index contributed by atoms with van der Waals surface area (Å²) < 4.78 is 6.91. The molecule has 2 aromatic rings. The molecule has 7 nitrogen and oxygen atoms in total. The van der Waals surface area contributed by atoms with Gasteiger partial charge in [-0.3, -0.25) is 19.1 Å². The first-order chi connectivity index (χ1) is 12.7. The molecule has 1 aromatic carbocycles. The quantitative estimate of drug-likeness (QED) is 0.696. The van der Waals surface area contributed by atoms with Gasteiger partial charge in [0.1, 0.15) is 0 Å². The number of aromatic nitrogens is 2. The van der Waals surface area contributed by atoms with Gasteiger partial charge in [-0.05, 0) is 46.8 Å². The van der Waals surface area contributed by atoms with E-state index < -0.39 is 12.1 Å². The number of esters is 1. The second kappa shape index (κ2) is 8.79. The van der Waals surface area contributed by atoms with Gasteiger partial charge in [-0.2, -0.15) is 5.10 Å². The summed E-state index contributed by atoms with van der Waals surface area (Å²) in [7, 11) is 0. The molecule has 146 valence electrons. The SMILES string of the molecule is CC(C)N(C(=O)[C@@H](C)OC(=O)CCn1ncc(=O)c2ccccc21)C(C)C. The van der Waals surface area contributed by atoms with E-state index in [1.54, 1.807) is 34.7 Å². The average Bonchev–Trinajstić information content (AvgIpc) is 2.60. The zero-order valence-electron chi connectivity index (χ0n) is 16.5. The van der Waals surface area contributed by atoms with Crippen molar-refractivity contribution in [3.8, 4) is 0 Å². The van der Waals surface area contributed by atoms with Gasteiger partial charge in [-0.25, -0.2) is 0 Å². The van der Waals surface area contributed by atoms with Gasteiger partial charge in [-0.15, -0.1) is 0 Å². The first-order valence-corrected chi connectivity index (χ1v) is 9.19. The van der Waals surface area contributed by atoms with Crippen LogP contribution in [-0.4, -0.2) is 44.7 Å². The van der Waals surface area contributed by atoms with E-state index >= 15 is 0 Å². The molecule has 0 unspecified atom stereocenters. The molecule has 2 rings (SSSR count). The van der Waals surface area contributed by atoms with Crippen LogP contribution in [0.5, 0.6) is 0 Å². The van der Waals surface area contributed by atoms with Gasteiger partial charge < -0.3 is 9.64 Å². The summed E-state index contributed by atoms with van der Waals surface area (Å²) in [5.41, 5.74) is 0.499. The standard InChI is InChI=1S/C20H27N3O4/c1-13(2)23(14(3)4)20(26)15(5)27-19(25)10-11-22-17-9-7-6-8-16(17)18(24)12-21-22/h6-9,12-15H,10-11H2,1-5H3/t15-/m1/s1. The highest BCUT2D eigenvalue weighted by molar-refractivity contribution is 5.84. The maximum Gasteiger partial charge on any atom is 0.308 e. The summed E-state index contributed by atoms with van der Waals surface area (Å²) in [5, 5.41) is 4.64. The molecule has 0 N–H and O–H groups in total. The van der Waals surface area contributed by atoms with Crippen LogP contribution in [0.2, 0.25) is 0 Å². The number of hydrogen-bond donors (Lipinski definition) is 0. The number of benzene rings is 1. The van der Waals surface area contributed by atoms with Crippen molar-refractivity contribution >= 4 is 22.8 Å². The molecule has 0 bridgehead atoms. The highest BCUT2D eigenvalue weighted by Crippen LogP contribution is 2.11. The van der Waals surface area contributed by atoms with Gasteiger partial charge in [0.05, 0.1) is 24.7 Å². The van der Waals surface area contributed by atoms with Crippen LogP contribution in [0.3, 0.4) is 0 Å². The van der Waals surface area contributed by atoms with Crippen molar-refractivity contribution in [3.63, 3.8) is 0 Å². The number of amides is 1. The number of ether oxygens (including phenoxy) is 1. The molecule has 1 atom stereocenters. The van der Waals surface area contributed by atoms with Crippen molar-refractivity contribution in [1.29, 1.82) is 0 Å². The molecular formula is C20H27N3O4. The minimum atomic E-state index is -0.846. The summed E-state index contributed by atoms with van der Waals surface area (Å²) in [6, 6.07) is 7.15. The molecule has 7 heteroatoms. The summed E-state index contributed by atoms with van der Waals surface area (Å²) in [4.78, 5) is 38.3. The molecule has 1 amide bonds. The van der Waals surface area contributed by atoms with Crippen molar-refractivity contribution < 1.29 is 14.3 Å². The van der Waals surface area contributed by atoms with E-state index in [1.807, 2.05) is 33.8 Å². The molecule has 0 aliphatic carbocycles. The zero-order chi connectivity index (χ0) is 20.1. The Morgan fingerprint density at radius 3 is 2.37 bits per heavy atom. The third-order valence-electron chi connectivity index (χ3n) is 4.31. The highest BCUT2D eigenvalue weighted by atomic mass is 16.5. The van der Waals surface area contributed by atoms with Crippen LogP contribution in [0, 0.1) is 0 Å². The Morgan fingerprint density at radius 1 is 1.11 bits per heavy atom. The van der Waals surface area contributed by atoms with Gasteiger partial charge in [0, 0.05) is 17.5 Å². The Labute approximate surface area is 158 Å². The molecule has 1 heterocycles. The Morgan fingerprint density at radius 2 is 1.74 bits per heavy atom.